The predicted octanol–water partition coefficient (Wildman–Crippen LogP) is 4.53. The molecule has 17 heavy (non-hydrogen) atoms. The van der Waals surface area contributed by atoms with Crippen molar-refractivity contribution >= 4 is 0 Å². The molecular formula is C17H16. The Bertz CT molecular complexity index is 580. The zero-order chi connectivity index (χ0) is 11.2. The SMILES string of the molecule is c1ccc2c(c1)-c1cccc3c1C2CCCC3. The summed E-state index contributed by atoms with van der Waals surface area (Å²) in [6.45, 7) is 0. The minimum absolute atomic E-state index is 0.680. The second-order valence-electron chi connectivity index (χ2n) is 5.26. The first-order valence-corrected chi connectivity index (χ1v) is 6.66. The number of rotatable bonds is 0. The molecule has 0 saturated heterocycles. The van der Waals surface area contributed by atoms with Gasteiger partial charge < -0.3 is 0 Å². The Labute approximate surface area is 102 Å². The van der Waals surface area contributed by atoms with Crippen LogP contribution in [0.3, 0.4) is 0 Å². The monoisotopic (exact) mass is 220 g/mol. The van der Waals surface area contributed by atoms with Crippen LogP contribution in [0.4, 0.5) is 0 Å². The summed E-state index contributed by atoms with van der Waals surface area (Å²) in [5.41, 5.74) is 7.80. The van der Waals surface area contributed by atoms with E-state index in [0.717, 1.165) is 0 Å². The average molecular weight is 220 g/mol. The van der Waals surface area contributed by atoms with Crippen molar-refractivity contribution in [3.63, 3.8) is 0 Å². The first-order valence-electron chi connectivity index (χ1n) is 6.66. The fourth-order valence-electron chi connectivity index (χ4n) is 3.64. The second-order valence-corrected chi connectivity index (χ2v) is 5.26. The topological polar surface area (TPSA) is 0 Å². The molecular weight excluding hydrogens is 204 g/mol. The highest BCUT2D eigenvalue weighted by molar-refractivity contribution is 5.80. The first kappa shape index (κ1) is 9.47. The Balaban J connectivity index is 2.06. The van der Waals surface area contributed by atoms with Gasteiger partial charge in [0.25, 0.3) is 0 Å². The lowest BCUT2D eigenvalue weighted by atomic mass is 9.91. The molecule has 4 rings (SSSR count). The normalized spacial score (nSPS) is 20.6. The molecule has 2 aromatic rings. The van der Waals surface area contributed by atoms with Crippen molar-refractivity contribution in [2.45, 2.75) is 31.6 Å². The summed E-state index contributed by atoms with van der Waals surface area (Å²) in [7, 11) is 0. The van der Waals surface area contributed by atoms with Gasteiger partial charge in [0.2, 0.25) is 0 Å². The van der Waals surface area contributed by atoms with Crippen molar-refractivity contribution in [3.05, 3.63) is 59.2 Å². The van der Waals surface area contributed by atoms with Gasteiger partial charge in [0.05, 0.1) is 0 Å². The standard InChI is InChI=1S/C17H16/c1-2-10-15-13-8-3-4-9-14(13)16-11-5-7-12(6-1)17(15)16/h3-5,7-9,11,15H,1-2,6,10H2. The van der Waals surface area contributed by atoms with Gasteiger partial charge in [-0.1, -0.05) is 48.9 Å². The largest absolute Gasteiger partial charge is 0.0619 e. The molecule has 0 bridgehead atoms. The van der Waals surface area contributed by atoms with Crippen molar-refractivity contribution in [1.82, 2.24) is 0 Å². The molecule has 2 aliphatic rings. The second kappa shape index (κ2) is 3.46. The van der Waals surface area contributed by atoms with Crippen LogP contribution in [0.1, 0.15) is 41.9 Å². The van der Waals surface area contributed by atoms with Crippen LogP contribution in [0, 0.1) is 0 Å². The lowest BCUT2D eigenvalue weighted by Crippen LogP contribution is -1.96. The lowest BCUT2D eigenvalue weighted by Gasteiger charge is -2.12. The Hall–Kier alpha value is -1.56. The van der Waals surface area contributed by atoms with E-state index in [1.165, 1.54) is 36.8 Å². The predicted molar refractivity (Wildman–Crippen MR) is 71.3 cm³/mol. The van der Waals surface area contributed by atoms with Gasteiger partial charge in [0.1, 0.15) is 0 Å². The Morgan fingerprint density at radius 2 is 1.71 bits per heavy atom. The van der Waals surface area contributed by atoms with Gasteiger partial charge in [0, 0.05) is 5.92 Å². The zero-order valence-corrected chi connectivity index (χ0v) is 9.95. The average Bonchev–Trinajstić information content (AvgIpc) is 2.56. The molecule has 2 aliphatic carbocycles. The molecule has 0 aromatic heterocycles. The van der Waals surface area contributed by atoms with E-state index in [9.17, 15) is 0 Å². The van der Waals surface area contributed by atoms with Crippen LogP contribution in [-0.2, 0) is 6.42 Å². The van der Waals surface area contributed by atoms with Crippen LogP contribution in [0.25, 0.3) is 11.1 Å². The van der Waals surface area contributed by atoms with Crippen molar-refractivity contribution < 1.29 is 0 Å². The third kappa shape index (κ3) is 1.24. The first-order chi connectivity index (χ1) is 8.45. The molecule has 0 radical (unpaired) electrons. The van der Waals surface area contributed by atoms with E-state index in [1.807, 2.05) is 0 Å². The molecule has 0 amide bonds. The minimum Gasteiger partial charge on any atom is -0.0619 e. The summed E-state index contributed by atoms with van der Waals surface area (Å²) < 4.78 is 0. The Morgan fingerprint density at radius 1 is 0.824 bits per heavy atom. The lowest BCUT2D eigenvalue weighted by molar-refractivity contribution is 0.665. The van der Waals surface area contributed by atoms with Crippen molar-refractivity contribution in [2.24, 2.45) is 0 Å². The fraction of sp³-hybridized carbons (Fsp3) is 0.294. The Morgan fingerprint density at radius 3 is 2.71 bits per heavy atom. The quantitative estimate of drug-likeness (QED) is 0.612. The van der Waals surface area contributed by atoms with Crippen LogP contribution in [0.2, 0.25) is 0 Å². The van der Waals surface area contributed by atoms with Gasteiger partial charge >= 0.3 is 0 Å². The molecule has 0 heteroatoms. The van der Waals surface area contributed by atoms with Crippen LogP contribution in [0.5, 0.6) is 0 Å². The molecule has 0 nitrogen and oxygen atoms in total. The minimum atomic E-state index is 0.680. The highest BCUT2D eigenvalue weighted by atomic mass is 14.3. The molecule has 0 fully saturated rings. The maximum atomic E-state index is 2.34. The summed E-state index contributed by atoms with van der Waals surface area (Å²) in [5.74, 6) is 0.680. The summed E-state index contributed by atoms with van der Waals surface area (Å²) in [6.07, 6.45) is 5.33. The molecule has 0 saturated carbocycles. The number of aryl methyl sites for hydroxylation is 1. The van der Waals surface area contributed by atoms with E-state index in [-0.39, 0.29) is 0 Å². The van der Waals surface area contributed by atoms with Gasteiger partial charge in [-0.05, 0) is 47.1 Å². The number of hydrogen-bond donors (Lipinski definition) is 0. The maximum absolute atomic E-state index is 2.34. The molecule has 0 heterocycles. The molecule has 1 unspecified atom stereocenters. The van der Waals surface area contributed by atoms with Gasteiger partial charge in [-0.3, -0.25) is 0 Å². The zero-order valence-electron chi connectivity index (χ0n) is 9.95. The molecule has 2 aromatic carbocycles. The van der Waals surface area contributed by atoms with Crippen molar-refractivity contribution in [2.75, 3.05) is 0 Å². The van der Waals surface area contributed by atoms with Gasteiger partial charge in [0.15, 0.2) is 0 Å². The Kier molecular flexibility index (Phi) is 1.93. The third-order valence-electron chi connectivity index (χ3n) is 4.36. The summed E-state index contributed by atoms with van der Waals surface area (Å²) in [6, 6.07) is 15.9. The summed E-state index contributed by atoms with van der Waals surface area (Å²) >= 11 is 0. The molecule has 0 N–H and O–H groups in total. The van der Waals surface area contributed by atoms with Crippen LogP contribution < -0.4 is 0 Å². The molecule has 0 aliphatic heterocycles. The van der Waals surface area contributed by atoms with Crippen molar-refractivity contribution in [1.29, 1.82) is 0 Å². The molecule has 0 spiro atoms. The van der Waals surface area contributed by atoms with E-state index >= 15 is 0 Å². The fourth-order valence-corrected chi connectivity index (χ4v) is 3.64. The van der Waals surface area contributed by atoms with E-state index in [1.54, 1.807) is 16.7 Å². The summed E-state index contributed by atoms with van der Waals surface area (Å²) in [4.78, 5) is 0. The van der Waals surface area contributed by atoms with Gasteiger partial charge in [-0.25, -0.2) is 0 Å². The summed E-state index contributed by atoms with van der Waals surface area (Å²) in [5, 5.41) is 0. The maximum Gasteiger partial charge on any atom is 0.0104 e. The highest BCUT2D eigenvalue weighted by Gasteiger charge is 2.31. The van der Waals surface area contributed by atoms with Gasteiger partial charge in [-0.2, -0.15) is 0 Å². The van der Waals surface area contributed by atoms with E-state index < -0.39 is 0 Å². The molecule has 1 atom stereocenters. The smallest absolute Gasteiger partial charge is 0.0104 e. The van der Waals surface area contributed by atoms with E-state index in [2.05, 4.69) is 42.5 Å². The number of benzene rings is 2. The van der Waals surface area contributed by atoms with Gasteiger partial charge in [-0.15, -0.1) is 0 Å². The highest BCUT2D eigenvalue weighted by Crippen LogP contribution is 2.49. The number of hydrogen-bond acceptors (Lipinski definition) is 0. The van der Waals surface area contributed by atoms with Crippen LogP contribution >= 0.6 is 0 Å². The number of fused-ring (bicyclic) bond motifs is 3. The van der Waals surface area contributed by atoms with E-state index in [4.69, 9.17) is 0 Å². The van der Waals surface area contributed by atoms with Crippen LogP contribution in [-0.4, -0.2) is 0 Å². The molecule has 84 valence electrons. The van der Waals surface area contributed by atoms with Crippen molar-refractivity contribution in [3.8, 4) is 11.1 Å². The van der Waals surface area contributed by atoms with Crippen LogP contribution in [0.15, 0.2) is 42.5 Å². The van der Waals surface area contributed by atoms with E-state index in [0.29, 0.717) is 5.92 Å². The third-order valence-corrected chi connectivity index (χ3v) is 4.36.